The number of hydrogen-bond donors (Lipinski definition) is 1. The van der Waals surface area contributed by atoms with Crippen LogP contribution >= 0.6 is 23.2 Å². The fourth-order valence-electron chi connectivity index (χ4n) is 1.43. The van der Waals surface area contributed by atoms with Crippen LogP contribution < -0.4 is 5.32 Å². The lowest BCUT2D eigenvalue weighted by Crippen LogP contribution is -2.36. The molecule has 0 fully saturated rings. The van der Waals surface area contributed by atoms with E-state index in [0.29, 0.717) is 22.3 Å². The molecule has 6 heteroatoms. The zero-order chi connectivity index (χ0) is 14.4. The van der Waals surface area contributed by atoms with Gasteiger partial charge in [0.25, 0.3) is 0 Å². The van der Waals surface area contributed by atoms with Gasteiger partial charge in [-0.3, -0.25) is 9.59 Å². The molecule has 0 aliphatic heterocycles. The highest BCUT2D eigenvalue weighted by Gasteiger charge is 2.14. The van der Waals surface area contributed by atoms with E-state index < -0.39 is 0 Å². The van der Waals surface area contributed by atoms with Gasteiger partial charge in [-0.15, -0.1) is 6.58 Å². The van der Waals surface area contributed by atoms with Crippen molar-refractivity contribution in [2.75, 3.05) is 18.4 Å². The second-order valence-electron chi connectivity index (χ2n) is 3.83. The van der Waals surface area contributed by atoms with E-state index in [1.807, 2.05) is 0 Å². The van der Waals surface area contributed by atoms with Crippen LogP contribution in [0.25, 0.3) is 0 Å². The maximum Gasteiger partial charge on any atom is 0.244 e. The Bertz CT molecular complexity index is 483. The molecule has 19 heavy (non-hydrogen) atoms. The molecule has 0 aromatic heterocycles. The molecule has 0 unspecified atom stereocenters. The minimum atomic E-state index is -0.368. The van der Waals surface area contributed by atoms with Crippen LogP contribution in [0.4, 0.5) is 5.69 Å². The van der Waals surface area contributed by atoms with Crippen molar-refractivity contribution in [3.8, 4) is 0 Å². The Morgan fingerprint density at radius 3 is 2.42 bits per heavy atom. The number of rotatable bonds is 5. The number of para-hydroxylation sites is 1. The van der Waals surface area contributed by atoms with Crippen LogP contribution in [-0.4, -0.2) is 29.8 Å². The third kappa shape index (κ3) is 4.58. The standard InChI is InChI=1S/C13H14Cl2N2O2/c1-3-7-17(9(2)18)8-12(19)16-13-10(14)5-4-6-11(13)15/h3-6H,1,7-8H2,2H3,(H,16,19). The molecule has 0 aliphatic rings. The first-order chi connectivity index (χ1) is 8.95. The zero-order valence-electron chi connectivity index (χ0n) is 10.5. The monoisotopic (exact) mass is 300 g/mol. The minimum Gasteiger partial charge on any atom is -0.330 e. The van der Waals surface area contributed by atoms with Crippen LogP contribution in [0.3, 0.4) is 0 Å². The Morgan fingerprint density at radius 1 is 1.37 bits per heavy atom. The second kappa shape index (κ2) is 7.16. The van der Waals surface area contributed by atoms with Crippen LogP contribution in [0.15, 0.2) is 30.9 Å². The van der Waals surface area contributed by atoms with Gasteiger partial charge >= 0.3 is 0 Å². The van der Waals surface area contributed by atoms with E-state index in [0.717, 1.165) is 0 Å². The molecular formula is C13H14Cl2N2O2. The van der Waals surface area contributed by atoms with Gasteiger partial charge in [0.1, 0.15) is 6.54 Å². The Hall–Kier alpha value is -1.52. The summed E-state index contributed by atoms with van der Waals surface area (Å²) in [4.78, 5) is 24.5. The predicted molar refractivity (Wildman–Crippen MR) is 77.5 cm³/mol. The number of benzene rings is 1. The lowest BCUT2D eigenvalue weighted by Gasteiger charge is -2.19. The van der Waals surface area contributed by atoms with Gasteiger partial charge < -0.3 is 10.2 Å². The number of nitrogens with zero attached hydrogens (tertiary/aromatic N) is 1. The SMILES string of the molecule is C=CCN(CC(=O)Nc1c(Cl)cccc1Cl)C(C)=O. The highest BCUT2D eigenvalue weighted by Crippen LogP contribution is 2.29. The van der Waals surface area contributed by atoms with Crippen LogP contribution in [0.2, 0.25) is 10.0 Å². The van der Waals surface area contributed by atoms with Gasteiger partial charge in [-0.2, -0.15) is 0 Å². The molecule has 0 atom stereocenters. The molecule has 102 valence electrons. The van der Waals surface area contributed by atoms with Crippen molar-refractivity contribution in [3.05, 3.63) is 40.9 Å². The van der Waals surface area contributed by atoms with Gasteiger partial charge in [-0.1, -0.05) is 35.3 Å². The fraction of sp³-hybridized carbons (Fsp3) is 0.231. The van der Waals surface area contributed by atoms with Crippen LogP contribution in [0.5, 0.6) is 0 Å². The third-order valence-corrected chi connectivity index (χ3v) is 2.99. The average Bonchev–Trinajstić information content (AvgIpc) is 2.33. The smallest absolute Gasteiger partial charge is 0.244 e. The van der Waals surface area contributed by atoms with Crippen LogP contribution in [-0.2, 0) is 9.59 Å². The molecule has 1 N–H and O–H groups in total. The third-order valence-electron chi connectivity index (χ3n) is 2.36. The molecule has 4 nitrogen and oxygen atoms in total. The van der Waals surface area contributed by atoms with Crippen molar-refractivity contribution in [1.29, 1.82) is 0 Å². The van der Waals surface area contributed by atoms with Gasteiger partial charge in [-0.05, 0) is 12.1 Å². The summed E-state index contributed by atoms with van der Waals surface area (Å²) in [7, 11) is 0. The molecule has 1 rings (SSSR count). The highest BCUT2D eigenvalue weighted by atomic mass is 35.5. The first-order valence-electron chi connectivity index (χ1n) is 5.56. The Labute approximate surface area is 122 Å². The number of hydrogen-bond acceptors (Lipinski definition) is 2. The second-order valence-corrected chi connectivity index (χ2v) is 4.65. The summed E-state index contributed by atoms with van der Waals surface area (Å²) >= 11 is 11.9. The summed E-state index contributed by atoms with van der Waals surface area (Å²) in [6, 6.07) is 4.92. The Balaban J connectivity index is 2.74. The van der Waals surface area contributed by atoms with Crippen molar-refractivity contribution >= 4 is 40.7 Å². The lowest BCUT2D eigenvalue weighted by atomic mass is 10.3. The summed E-state index contributed by atoms with van der Waals surface area (Å²) in [6.07, 6.45) is 1.55. The molecular weight excluding hydrogens is 287 g/mol. The minimum absolute atomic E-state index is 0.0805. The summed E-state index contributed by atoms with van der Waals surface area (Å²) < 4.78 is 0. The summed E-state index contributed by atoms with van der Waals surface area (Å²) in [6.45, 7) is 5.15. The quantitative estimate of drug-likeness (QED) is 0.850. The van der Waals surface area contributed by atoms with Gasteiger partial charge in [0.2, 0.25) is 11.8 Å². The molecule has 0 spiro atoms. The number of amides is 2. The first kappa shape index (κ1) is 15.5. The fourth-order valence-corrected chi connectivity index (χ4v) is 1.92. The maximum absolute atomic E-state index is 11.9. The van der Waals surface area contributed by atoms with Crippen molar-refractivity contribution in [1.82, 2.24) is 4.90 Å². The van der Waals surface area contributed by atoms with E-state index in [4.69, 9.17) is 23.2 Å². The molecule has 1 aromatic rings. The first-order valence-corrected chi connectivity index (χ1v) is 6.31. The molecule has 0 radical (unpaired) electrons. The van der Waals surface area contributed by atoms with Gasteiger partial charge in [0, 0.05) is 13.5 Å². The Kier molecular flexibility index (Phi) is 5.86. The van der Waals surface area contributed by atoms with E-state index in [2.05, 4.69) is 11.9 Å². The maximum atomic E-state index is 11.9. The molecule has 0 saturated heterocycles. The number of carbonyl (C=O) groups excluding carboxylic acids is 2. The van der Waals surface area contributed by atoms with Crippen LogP contribution in [0.1, 0.15) is 6.92 Å². The van der Waals surface area contributed by atoms with Crippen molar-refractivity contribution < 1.29 is 9.59 Å². The molecule has 0 aliphatic carbocycles. The van der Waals surface area contributed by atoms with Gasteiger partial charge in [0.15, 0.2) is 0 Å². The van der Waals surface area contributed by atoms with E-state index in [1.54, 1.807) is 24.3 Å². The normalized spacial score (nSPS) is 9.84. The van der Waals surface area contributed by atoms with E-state index in [1.165, 1.54) is 11.8 Å². The van der Waals surface area contributed by atoms with E-state index >= 15 is 0 Å². The van der Waals surface area contributed by atoms with Gasteiger partial charge in [0.05, 0.1) is 15.7 Å². The largest absolute Gasteiger partial charge is 0.330 e. The molecule has 2 amide bonds. The van der Waals surface area contributed by atoms with Crippen molar-refractivity contribution in [2.24, 2.45) is 0 Å². The number of halogens is 2. The molecule has 0 bridgehead atoms. The lowest BCUT2D eigenvalue weighted by molar-refractivity contribution is -0.132. The number of anilines is 1. The van der Waals surface area contributed by atoms with Crippen LogP contribution in [0, 0.1) is 0 Å². The van der Waals surface area contributed by atoms with Crippen molar-refractivity contribution in [2.45, 2.75) is 6.92 Å². The average molecular weight is 301 g/mol. The predicted octanol–water partition coefficient (Wildman–Crippen LogP) is 2.97. The summed E-state index contributed by atoms with van der Waals surface area (Å²) in [5, 5.41) is 3.28. The topological polar surface area (TPSA) is 49.4 Å². The number of carbonyl (C=O) groups is 2. The van der Waals surface area contributed by atoms with E-state index in [-0.39, 0.29) is 18.4 Å². The summed E-state index contributed by atoms with van der Waals surface area (Å²) in [5.74, 6) is -0.577. The van der Waals surface area contributed by atoms with Gasteiger partial charge in [-0.25, -0.2) is 0 Å². The molecule has 0 saturated carbocycles. The van der Waals surface area contributed by atoms with Crippen molar-refractivity contribution in [3.63, 3.8) is 0 Å². The molecule has 1 aromatic carbocycles. The number of nitrogens with one attached hydrogen (secondary N) is 1. The van der Waals surface area contributed by atoms with E-state index in [9.17, 15) is 9.59 Å². The Morgan fingerprint density at radius 2 is 1.95 bits per heavy atom. The molecule has 0 heterocycles. The zero-order valence-corrected chi connectivity index (χ0v) is 12.0. The highest BCUT2D eigenvalue weighted by molar-refractivity contribution is 6.39. The summed E-state index contributed by atoms with van der Waals surface area (Å²) in [5.41, 5.74) is 0.345.